The summed E-state index contributed by atoms with van der Waals surface area (Å²) in [6.07, 6.45) is 6.53. The van der Waals surface area contributed by atoms with Crippen LogP contribution >= 0.6 is 0 Å². The molecule has 1 saturated carbocycles. The molecule has 0 bridgehead atoms. The third-order valence-corrected chi connectivity index (χ3v) is 4.50. The van der Waals surface area contributed by atoms with Crippen LogP contribution in [-0.4, -0.2) is 35.7 Å². The van der Waals surface area contributed by atoms with Crippen molar-refractivity contribution >= 4 is 0 Å². The summed E-state index contributed by atoms with van der Waals surface area (Å²) in [5.41, 5.74) is 1.21. The van der Waals surface area contributed by atoms with Gasteiger partial charge in [-0.2, -0.15) is 0 Å². The van der Waals surface area contributed by atoms with E-state index in [1.54, 1.807) is 0 Å². The van der Waals surface area contributed by atoms with Crippen LogP contribution in [0.25, 0.3) is 0 Å². The Morgan fingerprint density at radius 2 is 1.72 bits per heavy atom. The molecule has 2 nitrogen and oxygen atoms in total. The van der Waals surface area contributed by atoms with Crippen LogP contribution in [0.1, 0.15) is 37.7 Å². The molecular formula is C16H25NO. The van der Waals surface area contributed by atoms with Crippen molar-refractivity contribution in [3.05, 3.63) is 35.9 Å². The summed E-state index contributed by atoms with van der Waals surface area (Å²) in [5.74, 6) is 0. The molecule has 2 heteroatoms. The zero-order valence-corrected chi connectivity index (χ0v) is 11.6. The van der Waals surface area contributed by atoms with Crippen LogP contribution in [0.3, 0.4) is 0 Å². The van der Waals surface area contributed by atoms with Crippen molar-refractivity contribution in [3.8, 4) is 0 Å². The van der Waals surface area contributed by atoms with Gasteiger partial charge in [-0.3, -0.25) is 0 Å². The van der Waals surface area contributed by atoms with Crippen LogP contribution in [0.5, 0.6) is 0 Å². The second kappa shape index (κ2) is 5.85. The Labute approximate surface area is 111 Å². The first-order valence-electron chi connectivity index (χ1n) is 7.04. The van der Waals surface area contributed by atoms with E-state index in [2.05, 4.69) is 31.1 Å². The van der Waals surface area contributed by atoms with Gasteiger partial charge in [0, 0.05) is 12.0 Å². The standard InChI is InChI=1S/C16H25NO/c1-17(2)16(11-7-4-8-12-16)15(18)13-14-9-5-3-6-10-14/h3,5-6,9-10,15,18H,4,7-8,11-13H2,1-2H3. The third kappa shape index (κ3) is 2.76. The van der Waals surface area contributed by atoms with Gasteiger partial charge in [-0.25, -0.2) is 0 Å². The molecule has 1 fully saturated rings. The molecule has 0 aliphatic heterocycles. The van der Waals surface area contributed by atoms with Crippen molar-refractivity contribution in [1.29, 1.82) is 0 Å². The summed E-state index contributed by atoms with van der Waals surface area (Å²) < 4.78 is 0. The molecule has 1 aliphatic rings. The van der Waals surface area contributed by atoms with Gasteiger partial charge < -0.3 is 10.0 Å². The van der Waals surface area contributed by atoms with Gasteiger partial charge in [-0.05, 0) is 32.5 Å². The molecule has 1 aromatic rings. The highest BCUT2D eigenvalue weighted by atomic mass is 16.3. The predicted octanol–water partition coefficient (Wildman–Crippen LogP) is 2.85. The van der Waals surface area contributed by atoms with Crippen LogP contribution in [0.4, 0.5) is 0 Å². The largest absolute Gasteiger partial charge is 0.391 e. The molecule has 0 spiro atoms. The van der Waals surface area contributed by atoms with E-state index in [0.717, 1.165) is 19.3 Å². The normalized spacial score (nSPS) is 20.9. The first-order valence-corrected chi connectivity index (χ1v) is 7.04. The zero-order chi connectivity index (χ0) is 13.0. The first kappa shape index (κ1) is 13.6. The van der Waals surface area contributed by atoms with Crippen molar-refractivity contribution in [2.24, 2.45) is 0 Å². The van der Waals surface area contributed by atoms with Gasteiger partial charge in [0.05, 0.1) is 6.10 Å². The number of likely N-dealkylation sites (N-methyl/N-ethyl adjacent to an activating group) is 1. The number of benzene rings is 1. The van der Waals surface area contributed by atoms with Crippen LogP contribution in [0.15, 0.2) is 30.3 Å². The van der Waals surface area contributed by atoms with Gasteiger partial charge in [-0.1, -0.05) is 49.6 Å². The Morgan fingerprint density at radius 3 is 2.28 bits per heavy atom. The predicted molar refractivity (Wildman–Crippen MR) is 75.7 cm³/mol. The van der Waals surface area contributed by atoms with E-state index in [0.29, 0.717) is 0 Å². The van der Waals surface area contributed by atoms with E-state index in [-0.39, 0.29) is 11.6 Å². The number of nitrogens with zero attached hydrogens (tertiary/aromatic N) is 1. The second-order valence-corrected chi connectivity index (χ2v) is 5.76. The van der Waals surface area contributed by atoms with Crippen LogP contribution < -0.4 is 0 Å². The molecule has 1 unspecified atom stereocenters. The summed E-state index contributed by atoms with van der Waals surface area (Å²) in [6.45, 7) is 0. The summed E-state index contributed by atoms with van der Waals surface area (Å²) >= 11 is 0. The van der Waals surface area contributed by atoms with Crippen molar-refractivity contribution in [1.82, 2.24) is 4.90 Å². The van der Waals surface area contributed by atoms with E-state index in [1.807, 2.05) is 18.2 Å². The van der Waals surface area contributed by atoms with Gasteiger partial charge >= 0.3 is 0 Å². The lowest BCUT2D eigenvalue weighted by Crippen LogP contribution is -2.55. The maximum absolute atomic E-state index is 10.7. The Morgan fingerprint density at radius 1 is 1.11 bits per heavy atom. The molecule has 18 heavy (non-hydrogen) atoms. The average Bonchev–Trinajstić information content (AvgIpc) is 2.40. The van der Waals surface area contributed by atoms with Crippen molar-refractivity contribution in [3.63, 3.8) is 0 Å². The third-order valence-electron chi connectivity index (χ3n) is 4.50. The molecule has 1 aromatic carbocycles. The van der Waals surface area contributed by atoms with Crippen LogP contribution in [0.2, 0.25) is 0 Å². The number of aliphatic hydroxyl groups excluding tert-OH is 1. The van der Waals surface area contributed by atoms with E-state index in [1.165, 1.54) is 24.8 Å². The lowest BCUT2D eigenvalue weighted by molar-refractivity contribution is -0.0310. The Kier molecular flexibility index (Phi) is 4.41. The summed E-state index contributed by atoms with van der Waals surface area (Å²) in [5, 5.41) is 10.7. The fourth-order valence-corrected chi connectivity index (χ4v) is 3.27. The van der Waals surface area contributed by atoms with Crippen molar-refractivity contribution in [2.75, 3.05) is 14.1 Å². The first-order chi connectivity index (χ1) is 8.65. The summed E-state index contributed by atoms with van der Waals surface area (Å²) in [6, 6.07) is 10.3. The lowest BCUT2D eigenvalue weighted by atomic mass is 9.75. The highest BCUT2D eigenvalue weighted by Crippen LogP contribution is 2.36. The quantitative estimate of drug-likeness (QED) is 0.884. The average molecular weight is 247 g/mol. The molecule has 2 rings (SSSR count). The maximum atomic E-state index is 10.7. The van der Waals surface area contributed by atoms with Gasteiger partial charge in [0.25, 0.3) is 0 Å². The minimum atomic E-state index is -0.268. The monoisotopic (exact) mass is 247 g/mol. The zero-order valence-electron chi connectivity index (χ0n) is 11.6. The summed E-state index contributed by atoms with van der Waals surface area (Å²) in [7, 11) is 4.22. The van der Waals surface area contributed by atoms with Gasteiger partial charge in [0.2, 0.25) is 0 Å². The SMILES string of the molecule is CN(C)C1(C(O)Cc2ccccc2)CCCCC1. The molecule has 0 heterocycles. The van der Waals surface area contributed by atoms with Gasteiger partial charge in [0.1, 0.15) is 0 Å². The fourth-order valence-electron chi connectivity index (χ4n) is 3.27. The Hall–Kier alpha value is -0.860. The molecule has 100 valence electrons. The smallest absolute Gasteiger partial charge is 0.0763 e. The lowest BCUT2D eigenvalue weighted by Gasteiger charge is -2.46. The van der Waals surface area contributed by atoms with Crippen molar-refractivity contribution in [2.45, 2.75) is 50.2 Å². The fraction of sp³-hybridized carbons (Fsp3) is 0.625. The molecule has 1 aliphatic carbocycles. The second-order valence-electron chi connectivity index (χ2n) is 5.76. The van der Waals surface area contributed by atoms with E-state index >= 15 is 0 Å². The van der Waals surface area contributed by atoms with Crippen LogP contribution in [-0.2, 0) is 6.42 Å². The molecule has 1 N–H and O–H groups in total. The number of hydrogen-bond acceptors (Lipinski definition) is 2. The topological polar surface area (TPSA) is 23.5 Å². The van der Waals surface area contributed by atoms with E-state index in [9.17, 15) is 5.11 Å². The van der Waals surface area contributed by atoms with Gasteiger partial charge in [-0.15, -0.1) is 0 Å². The van der Waals surface area contributed by atoms with Crippen molar-refractivity contribution < 1.29 is 5.11 Å². The molecule has 0 aromatic heterocycles. The van der Waals surface area contributed by atoms with E-state index < -0.39 is 0 Å². The van der Waals surface area contributed by atoms with Crippen LogP contribution in [0, 0.1) is 0 Å². The highest BCUT2D eigenvalue weighted by Gasteiger charge is 2.40. The van der Waals surface area contributed by atoms with Gasteiger partial charge in [0.15, 0.2) is 0 Å². The molecule has 1 atom stereocenters. The Bertz CT molecular complexity index is 355. The number of rotatable bonds is 4. The number of hydrogen-bond donors (Lipinski definition) is 1. The molecular weight excluding hydrogens is 222 g/mol. The minimum Gasteiger partial charge on any atom is -0.391 e. The van der Waals surface area contributed by atoms with E-state index in [4.69, 9.17) is 0 Å². The highest BCUT2D eigenvalue weighted by molar-refractivity contribution is 5.17. The molecule has 0 amide bonds. The maximum Gasteiger partial charge on any atom is 0.0763 e. The molecule has 0 saturated heterocycles. The summed E-state index contributed by atoms with van der Waals surface area (Å²) in [4.78, 5) is 2.25. The number of aliphatic hydroxyl groups is 1. The molecule has 0 radical (unpaired) electrons. The minimum absolute atomic E-state index is 0.0198. The Balaban J connectivity index is 2.11.